The molecule has 0 aliphatic rings. The molecule has 4 rings (SSSR count). The van der Waals surface area contributed by atoms with Gasteiger partial charge in [-0.2, -0.15) is 9.78 Å². The lowest BCUT2D eigenvalue weighted by atomic mass is 10.1. The second kappa shape index (κ2) is 7.78. The van der Waals surface area contributed by atoms with Crippen LogP contribution in [-0.2, 0) is 0 Å². The van der Waals surface area contributed by atoms with Gasteiger partial charge in [-0.25, -0.2) is 9.37 Å². The second-order valence-corrected chi connectivity index (χ2v) is 6.89. The molecule has 0 fully saturated rings. The van der Waals surface area contributed by atoms with Gasteiger partial charge in [-0.1, -0.05) is 26.0 Å². The average Bonchev–Trinajstić information content (AvgIpc) is 3.37. The Morgan fingerprint density at radius 3 is 2.70 bits per heavy atom. The molecule has 4 aromatic rings. The molecule has 0 aliphatic heterocycles. The van der Waals surface area contributed by atoms with Crippen molar-refractivity contribution in [1.82, 2.24) is 19.7 Å². The van der Waals surface area contributed by atoms with Crippen molar-refractivity contribution in [1.29, 1.82) is 0 Å². The zero-order valence-electron chi connectivity index (χ0n) is 16.2. The molecule has 1 aromatic carbocycles. The lowest BCUT2D eigenvalue weighted by Crippen LogP contribution is -2.20. The molecule has 152 valence electrons. The number of amides is 1. The molecule has 0 atom stereocenters. The first-order valence-electron chi connectivity index (χ1n) is 9.24. The molecule has 1 amide bonds. The maximum atomic E-state index is 14.0. The molecule has 0 spiro atoms. The number of aromatic amines is 1. The highest BCUT2D eigenvalue weighted by atomic mass is 19.1. The number of rotatable bonds is 5. The van der Waals surface area contributed by atoms with Gasteiger partial charge in [-0.05, 0) is 30.2 Å². The van der Waals surface area contributed by atoms with E-state index < -0.39 is 11.7 Å². The predicted octanol–water partition coefficient (Wildman–Crippen LogP) is 3.73. The van der Waals surface area contributed by atoms with Crippen LogP contribution in [0.2, 0.25) is 0 Å². The minimum atomic E-state index is -0.664. The zero-order valence-corrected chi connectivity index (χ0v) is 16.2. The topological polar surface area (TPSA) is 106 Å². The van der Waals surface area contributed by atoms with E-state index in [1.807, 2.05) is 13.8 Å². The van der Waals surface area contributed by atoms with Crippen molar-refractivity contribution < 1.29 is 13.6 Å². The molecule has 8 nitrogen and oxygen atoms in total. The van der Waals surface area contributed by atoms with Crippen LogP contribution in [0.3, 0.4) is 0 Å². The summed E-state index contributed by atoms with van der Waals surface area (Å²) in [5, 5.41) is 7.05. The Kier molecular flexibility index (Phi) is 5.01. The van der Waals surface area contributed by atoms with Crippen molar-refractivity contribution >= 4 is 11.7 Å². The number of nitrogens with zero attached hydrogens (tertiary/aromatic N) is 3. The molecule has 2 N–H and O–H groups in total. The van der Waals surface area contributed by atoms with Crippen molar-refractivity contribution in [2.24, 2.45) is 0 Å². The first kappa shape index (κ1) is 19.3. The maximum Gasteiger partial charge on any atom is 0.259 e. The van der Waals surface area contributed by atoms with Crippen LogP contribution in [0.1, 0.15) is 35.8 Å². The van der Waals surface area contributed by atoms with Gasteiger partial charge < -0.3 is 9.73 Å². The van der Waals surface area contributed by atoms with E-state index in [1.54, 1.807) is 24.3 Å². The fraction of sp³-hybridized carbons (Fsp3) is 0.143. The molecule has 3 aromatic heterocycles. The standard InChI is InChI=1S/C21H18FN5O3/c1-12(2)15-11-19(28)25-21(23-15)27-18(10-16(26-27)17-8-5-9-30-17)24-20(29)13-6-3-4-7-14(13)22/h3-12H,1-2H3,(H,24,29)(H,23,25,28). The van der Waals surface area contributed by atoms with Gasteiger partial charge in [-0.15, -0.1) is 0 Å². The Bertz CT molecular complexity index is 1260. The molecule has 0 bridgehead atoms. The van der Waals surface area contributed by atoms with Crippen molar-refractivity contribution in [3.8, 4) is 17.4 Å². The summed E-state index contributed by atoms with van der Waals surface area (Å²) in [5.41, 5.74) is 0.490. The Morgan fingerprint density at radius 1 is 1.20 bits per heavy atom. The quantitative estimate of drug-likeness (QED) is 0.524. The van der Waals surface area contributed by atoms with Crippen LogP contribution in [0.25, 0.3) is 17.4 Å². The summed E-state index contributed by atoms with van der Waals surface area (Å²) in [6.07, 6.45) is 1.49. The number of nitrogens with one attached hydrogen (secondary N) is 2. The third-order valence-electron chi connectivity index (χ3n) is 4.38. The molecular weight excluding hydrogens is 389 g/mol. The number of hydrogen-bond acceptors (Lipinski definition) is 5. The summed E-state index contributed by atoms with van der Waals surface area (Å²) in [6.45, 7) is 3.81. The van der Waals surface area contributed by atoms with Crippen LogP contribution in [0.15, 0.2) is 64.0 Å². The molecule has 0 aliphatic carbocycles. The van der Waals surface area contributed by atoms with Gasteiger partial charge in [0.1, 0.15) is 17.3 Å². The first-order valence-corrected chi connectivity index (χ1v) is 9.24. The van der Waals surface area contributed by atoms with Gasteiger partial charge in [0, 0.05) is 12.1 Å². The molecule has 0 saturated carbocycles. The van der Waals surface area contributed by atoms with Crippen LogP contribution in [0, 0.1) is 5.82 Å². The van der Waals surface area contributed by atoms with Gasteiger partial charge in [-0.3, -0.25) is 14.6 Å². The van der Waals surface area contributed by atoms with Crippen LogP contribution in [0.5, 0.6) is 0 Å². The third kappa shape index (κ3) is 3.77. The normalized spacial score (nSPS) is 11.1. The van der Waals surface area contributed by atoms with Gasteiger partial charge >= 0.3 is 0 Å². The third-order valence-corrected chi connectivity index (χ3v) is 4.38. The monoisotopic (exact) mass is 407 g/mol. The summed E-state index contributed by atoms with van der Waals surface area (Å²) in [4.78, 5) is 31.8. The van der Waals surface area contributed by atoms with E-state index in [2.05, 4.69) is 20.4 Å². The zero-order chi connectivity index (χ0) is 21.3. The van der Waals surface area contributed by atoms with Gasteiger partial charge in [0.25, 0.3) is 11.5 Å². The van der Waals surface area contributed by atoms with E-state index in [4.69, 9.17) is 4.42 Å². The van der Waals surface area contributed by atoms with Gasteiger partial charge in [0.2, 0.25) is 5.95 Å². The van der Waals surface area contributed by atoms with Crippen LogP contribution in [-0.4, -0.2) is 25.7 Å². The Hall–Kier alpha value is -4.01. The fourth-order valence-electron chi connectivity index (χ4n) is 2.86. The maximum absolute atomic E-state index is 14.0. The Balaban J connectivity index is 1.81. The molecule has 0 radical (unpaired) electrons. The van der Waals surface area contributed by atoms with Crippen LogP contribution in [0.4, 0.5) is 10.2 Å². The molecular formula is C21H18FN5O3. The molecule has 0 unspecified atom stereocenters. The number of anilines is 1. The SMILES string of the molecule is CC(C)c1cc(=O)[nH]c(-n2nc(-c3ccco3)cc2NC(=O)c2ccccc2F)n1. The van der Waals surface area contributed by atoms with Crippen LogP contribution < -0.4 is 10.9 Å². The second-order valence-electron chi connectivity index (χ2n) is 6.89. The summed E-state index contributed by atoms with van der Waals surface area (Å²) >= 11 is 0. The number of carbonyl (C=O) groups excluding carboxylic acids is 1. The first-order chi connectivity index (χ1) is 14.4. The van der Waals surface area contributed by atoms with Crippen LogP contribution >= 0.6 is 0 Å². The Labute approximate surface area is 170 Å². The highest BCUT2D eigenvalue weighted by molar-refractivity contribution is 6.04. The highest BCUT2D eigenvalue weighted by Gasteiger charge is 2.19. The highest BCUT2D eigenvalue weighted by Crippen LogP contribution is 2.25. The molecule has 9 heteroatoms. The summed E-state index contributed by atoms with van der Waals surface area (Å²) in [7, 11) is 0. The number of H-pyrrole nitrogens is 1. The minimum absolute atomic E-state index is 0.00242. The van der Waals surface area contributed by atoms with Crippen molar-refractivity contribution in [3.05, 3.63) is 82.2 Å². The van der Waals surface area contributed by atoms with Crippen molar-refractivity contribution in [3.63, 3.8) is 0 Å². The summed E-state index contributed by atoms with van der Waals surface area (Å²) in [6, 6.07) is 12.0. The molecule has 0 saturated heterocycles. The number of hydrogen-bond donors (Lipinski definition) is 2. The number of halogens is 1. The lowest BCUT2D eigenvalue weighted by Gasteiger charge is -2.10. The van der Waals surface area contributed by atoms with Crippen molar-refractivity contribution in [2.75, 3.05) is 5.32 Å². The van der Waals surface area contributed by atoms with Gasteiger partial charge in [0.05, 0.1) is 17.5 Å². The molecule has 3 heterocycles. The number of carbonyl (C=O) groups is 1. The number of benzene rings is 1. The summed E-state index contributed by atoms with van der Waals surface area (Å²) < 4.78 is 20.7. The summed E-state index contributed by atoms with van der Waals surface area (Å²) in [5.74, 6) is -0.546. The van der Waals surface area contributed by atoms with E-state index in [9.17, 15) is 14.0 Å². The number of aromatic nitrogens is 4. The predicted molar refractivity (Wildman–Crippen MR) is 108 cm³/mol. The van der Waals surface area contributed by atoms with E-state index in [0.29, 0.717) is 17.1 Å². The van der Waals surface area contributed by atoms with Crippen molar-refractivity contribution in [2.45, 2.75) is 19.8 Å². The largest absolute Gasteiger partial charge is 0.463 e. The van der Waals surface area contributed by atoms with E-state index in [1.165, 1.54) is 35.2 Å². The van der Waals surface area contributed by atoms with E-state index in [0.717, 1.165) is 0 Å². The smallest absolute Gasteiger partial charge is 0.259 e. The fourth-order valence-corrected chi connectivity index (χ4v) is 2.86. The lowest BCUT2D eigenvalue weighted by molar-refractivity contribution is 0.102. The minimum Gasteiger partial charge on any atom is -0.463 e. The van der Waals surface area contributed by atoms with E-state index in [-0.39, 0.29) is 28.8 Å². The Morgan fingerprint density at radius 2 is 2.00 bits per heavy atom. The van der Waals surface area contributed by atoms with Gasteiger partial charge in [0.15, 0.2) is 5.76 Å². The number of furan rings is 1. The average molecular weight is 407 g/mol. The molecule has 30 heavy (non-hydrogen) atoms. The van der Waals surface area contributed by atoms with E-state index >= 15 is 0 Å².